The Labute approximate surface area is 709 Å². The highest BCUT2D eigenvalue weighted by molar-refractivity contribution is 6.13. The number of aliphatic hydroxyl groups is 1. The number of ether oxygens (including phenoxy) is 18. The van der Waals surface area contributed by atoms with Gasteiger partial charge in [0.2, 0.25) is 11.8 Å². The predicted octanol–water partition coefficient (Wildman–Crippen LogP) is 5.23. The number of methoxy groups -OCH3 is 1. The molecular formula is C88H131N5O28. The van der Waals surface area contributed by atoms with Crippen LogP contribution in [0.4, 0.5) is 4.79 Å². The number of amides is 6. The van der Waals surface area contributed by atoms with Crippen molar-refractivity contribution in [3.8, 4) is 0 Å². The van der Waals surface area contributed by atoms with Gasteiger partial charge in [-0.05, 0) is 98.3 Å². The van der Waals surface area contributed by atoms with Crippen molar-refractivity contribution in [3.05, 3.63) is 71.8 Å². The maximum Gasteiger partial charge on any atom is 0.312 e. The molecule has 1 aromatic carbocycles. The molecule has 121 heavy (non-hydrogen) atoms. The average molecular weight is 1710 g/mol. The van der Waals surface area contributed by atoms with Gasteiger partial charge in [0, 0.05) is 121 Å². The monoisotopic (exact) mass is 1710 g/mol. The molecule has 1 aromatic rings. The zero-order chi connectivity index (χ0) is 85.8. The Morgan fingerprint density at radius 2 is 1.21 bits per heavy atom. The summed E-state index contributed by atoms with van der Waals surface area (Å²) in [6.07, 6.45) is 4.50. The molecule has 11 heterocycles. The van der Waals surface area contributed by atoms with Gasteiger partial charge in [-0.25, -0.2) is 4.79 Å². The smallest absolute Gasteiger partial charge is 0.312 e. The zero-order valence-corrected chi connectivity index (χ0v) is 71.0. The molecule has 6 N–H and O–H groups in total. The molecule has 1 spiro atoms. The first-order valence-corrected chi connectivity index (χ1v) is 43.9. The Kier molecular flexibility index (Phi) is 38.0. The van der Waals surface area contributed by atoms with Crippen LogP contribution < -0.4 is 21.7 Å². The number of nitrogens with zero attached hydrogens (tertiary/aromatic N) is 1. The summed E-state index contributed by atoms with van der Waals surface area (Å²) in [5.41, 5.74) is 8.67. The van der Waals surface area contributed by atoms with Crippen LogP contribution in [0.3, 0.4) is 0 Å². The number of nitrogens with two attached hydrogens (primary N) is 1. The number of rotatable bonds is 50. The van der Waals surface area contributed by atoms with Crippen LogP contribution in [0.1, 0.15) is 160 Å². The van der Waals surface area contributed by atoms with Crippen molar-refractivity contribution in [2.75, 3.05) is 132 Å². The summed E-state index contributed by atoms with van der Waals surface area (Å²) < 4.78 is 111. The average Bonchev–Trinajstić information content (AvgIpc) is 1.54. The quantitative estimate of drug-likeness (QED) is 0.0241. The Morgan fingerprint density at radius 1 is 0.612 bits per heavy atom. The third-order valence-corrected chi connectivity index (χ3v) is 24.6. The summed E-state index contributed by atoms with van der Waals surface area (Å²) >= 11 is 0. The summed E-state index contributed by atoms with van der Waals surface area (Å²) in [5.74, 6) is -4.61. The number of hydrogen-bond acceptors (Lipinski definition) is 28. The fraction of sp³-hybridized carbons (Fsp3) is 0.761. The van der Waals surface area contributed by atoms with Gasteiger partial charge in [0.1, 0.15) is 48.7 Å². The van der Waals surface area contributed by atoms with Crippen LogP contribution in [0.5, 0.6) is 0 Å². The number of fused-ring (bicyclic) bond motifs is 6. The molecule has 33 heteroatoms. The van der Waals surface area contributed by atoms with Crippen molar-refractivity contribution in [3.63, 3.8) is 0 Å². The van der Waals surface area contributed by atoms with E-state index in [1.807, 2.05) is 13.8 Å². The number of carbonyl (C=O) groups excluding carboxylic acids is 9. The summed E-state index contributed by atoms with van der Waals surface area (Å²) in [4.78, 5) is 117. The second-order valence-corrected chi connectivity index (χ2v) is 33.8. The molecule has 0 saturated carbocycles. The number of imide groups is 1. The van der Waals surface area contributed by atoms with Crippen LogP contribution in [0.15, 0.2) is 60.7 Å². The fourth-order valence-corrected chi connectivity index (χ4v) is 18.0. The summed E-state index contributed by atoms with van der Waals surface area (Å²) in [5, 5.41) is 19.8. The van der Waals surface area contributed by atoms with Crippen molar-refractivity contribution in [2.24, 2.45) is 29.4 Å². The summed E-state index contributed by atoms with van der Waals surface area (Å²) in [6.45, 7) is 20.8. The second-order valence-electron chi connectivity index (χ2n) is 33.8. The van der Waals surface area contributed by atoms with Crippen LogP contribution >= 0.6 is 0 Å². The van der Waals surface area contributed by atoms with Gasteiger partial charge in [-0.1, -0.05) is 58.2 Å². The second kappa shape index (κ2) is 48.3. The standard InChI is InChI=1S/C88H131N5O28/c1-54(2)66(48-61(95)23-28-105-30-32-107-34-36-109-38-40-111-42-43-112-41-39-110-37-35-108-33-31-106-29-26-90-76(98)22-27-93-77(99)18-19-78(93)100)86(102)92-68(8-7-25-91-87(89)103)69(97)46-58-9-11-59(12-10-58)53-113-79(101)20-13-60(94)50-74-80(104-6)67-49-62(96)47-64-15-17-71-81(116-64)85-84-83(118-71)82-75(119-84)52-88(120-82,121-85)24-21-65-45-56(4)70(114-65)16-14-63-44-55(3)57(5)72(115-63)51-73(67)117-74/h9-12,18-19,54-55,60,63-68,70-75,80-85,94H,4-5,7-8,13-17,20-53H2,1-3,6H3,(H,90,98)(H,92,102)(H3,89,91,103)/t55?,60-,63+,64?,65+,66+,67+,68+,70?,71+,72?,73+,74-,75?,80-,81+,82?,83+,84-,85+,88+/m1/s1. The number of aliphatic hydroxyl groups excluding tert-OH is 1. The van der Waals surface area contributed by atoms with Crippen LogP contribution in [-0.4, -0.2) is 305 Å². The molecule has 0 radical (unpaired) electrons. The minimum atomic E-state index is -0.989. The van der Waals surface area contributed by atoms with Gasteiger partial charge in [-0.3, -0.25) is 43.3 Å². The summed E-state index contributed by atoms with van der Waals surface area (Å²) in [7, 11) is 1.60. The van der Waals surface area contributed by atoms with Gasteiger partial charge in [0.25, 0.3) is 11.8 Å². The number of urea groups is 1. The molecule has 676 valence electrons. The molecule has 12 bridgehead atoms. The minimum absolute atomic E-state index is 0.00836. The van der Waals surface area contributed by atoms with E-state index in [1.165, 1.54) is 12.2 Å². The number of ketones is 3. The number of Topliss-reactive ketones (excluding diaryl/α,β-unsaturated/α-hetero) is 3. The maximum atomic E-state index is 14.6. The number of carbonyl (C=O) groups is 9. The lowest BCUT2D eigenvalue weighted by Gasteiger charge is -2.47. The lowest BCUT2D eigenvalue weighted by Crippen LogP contribution is -2.61. The normalized spacial score (nSPS) is 30.1. The van der Waals surface area contributed by atoms with Crippen molar-refractivity contribution in [2.45, 2.75) is 272 Å². The molecule has 11 aliphatic heterocycles. The van der Waals surface area contributed by atoms with Gasteiger partial charge in [0.05, 0.1) is 179 Å². The maximum absolute atomic E-state index is 14.6. The van der Waals surface area contributed by atoms with E-state index < -0.39 is 90.0 Å². The first-order chi connectivity index (χ1) is 58.5. The van der Waals surface area contributed by atoms with Crippen molar-refractivity contribution < 1.29 is 134 Å². The molecule has 10 fully saturated rings. The van der Waals surface area contributed by atoms with E-state index in [4.69, 9.17) is 91.0 Å². The van der Waals surface area contributed by atoms with Gasteiger partial charge >= 0.3 is 12.0 Å². The molecule has 21 atom stereocenters. The number of benzene rings is 1. The van der Waals surface area contributed by atoms with E-state index in [-0.39, 0.29) is 200 Å². The van der Waals surface area contributed by atoms with E-state index in [0.29, 0.717) is 142 Å². The molecule has 0 aliphatic carbocycles. The number of primary amides is 1. The molecule has 6 unspecified atom stereocenters. The number of nitrogens with one attached hydrogen (secondary N) is 3. The number of hydrogen-bond donors (Lipinski definition) is 5. The van der Waals surface area contributed by atoms with E-state index in [9.17, 15) is 48.3 Å². The van der Waals surface area contributed by atoms with Crippen LogP contribution in [-0.2, 0) is 137 Å². The lowest BCUT2D eigenvalue weighted by atomic mass is 9.81. The Balaban J connectivity index is 0.544. The van der Waals surface area contributed by atoms with Crippen LogP contribution in [0.25, 0.3) is 0 Å². The van der Waals surface area contributed by atoms with Gasteiger partial charge < -0.3 is 112 Å². The van der Waals surface area contributed by atoms with E-state index >= 15 is 0 Å². The third kappa shape index (κ3) is 28.8. The molecule has 12 rings (SSSR count). The van der Waals surface area contributed by atoms with Gasteiger partial charge in [-0.2, -0.15) is 0 Å². The lowest BCUT2D eigenvalue weighted by molar-refractivity contribution is -0.292. The minimum Gasteiger partial charge on any atom is -0.461 e. The van der Waals surface area contributed by atoms with E-state index in [1.54, 1.807) is 31.4 Å². The molecule has 0 aromatic heterocycles. The summed E-state index contributed by atoms with van der Waals surface area (Å²) in [6, 6.07) is 5.32. The molecule has 6 amide bonds. The Hall–Kier alpha value is -6.45. The van der Waals surface area contributed by atoms with Crippen LogP contribution in [0, 0.1) is 23.7 Å². The van der Waals surface area contributed by atoms with Gasteiger partial charge in [-0.15, -0.1) is 0 Å². The largest absolute Gasteiger partial charge is 0.461 e. The molecule has 33 nitrogen and oxygen atoms in total. The SMILES string of the molecule is C=C1C[C@@H]2CC[C@@]34CC5O[C@H]6[C@@H](O3)[C@H]3OC(CC[C@@H]3O[C@H]6C5O4)CC(=O)C[C@@H]3[C@@H](OC)[C@@H](C[C@H](O)CCC(=O)OCc4ccc(CC(=O)[C@H](CCCNC(N)=O)NC(=O)[C@@H](CC(=O)CCOCCOCCOCCOCCOCCOCCOCCOCCNC(=O)CCN5C(=O)C=CC5=O)C(C)C)cc4)O[C@H]3CC3O[C@@H](CCC1O2)CC(C)C3=C. The molecular weight excluding hydrogens is 1570 g/mol. The van der Waals surface area contributed by atoms with Crippen molar-refractivity contribution in [1.29, 1.82) is 0 Å². The van der Waals surface area contributed by atoms with Crippen molar-refractivity contribution >= 4 is 53.0 Å². The van der Waals surface area contributed by atoms with Crippen LogP contribution in [0.2, 0.25) is 0 Å². The topological polar surface area (TPSA) is 405 Å². The predicted molar refractivity (Wildman–Crippen MR) is 433 cm³/mol. The highest BCUT2D eigenvalue weighted by atomic mass is 16.8. The highest BCUT2D eigenvalue weighted by Crippen LogP contribution is 2.55. The third-order valence-electron chi connectivity index (χ3n) is 24.6. The number of esters is 1. The fourth-order valence-electron chi connectivity index (χ4n) is 18.0. The van der Waals surface area contributed by atoms with Gasteiger partial charge in [0.15, 0.2) is 11.6 Å². The first-order valence-electron chi connectivity index (χ1n) is 43.9. The molecule has 11 aliphatic rings. The Morgan fingerprint density at radius 3 is 1.87 bits per heavy atom. The molecule has 10 saturated heterocycles. The van der Waals surface area contributed by atoms with Crippen molar-refractivity contribution in [1.82, 2.24) is 20.9 Å². The zero-order valence-electron chi connectivity index (χ0n) is 71.0. The Bertz CT molecular complexity index is 3570. The first kappa shape index (κ1) is 95.2. The highest BCUT2D eigenvalue weighted by Gasteiger charge is 2.69. The van der Waals surface area contributed by atoms with E-state index in [0.717, 1.165) is 48.2 Å². The van der Waals surface area contributed by atoms with E-state index in [2.05, 4.69) is 36.0 Å².